The minimum absolute atomic E-state index is 0. The van der Waals surface area contributed by atoms with Crippen molar-refractivity contribution in [1.29, 1.82) is 0 Å². The van der Waals surface area contributed by atoms with Crippen molar-refractivity contribution in [2.75, 3.05) is 6.54 Å². The summed E-state index contributed by atoms with van der Waals surface area (Å²) in [5, 5.41) is 4.23. The highest BCUT2D eigenvalue weighted by Crippen LogP contribution is 2.17. The maximum absolute atomic E-state index is 11.9. The molecule has 0 atom stereocenters. The van der Waals surface area contributed by atoms with Gasteiger partial charge in [-0.05, 0) is 30.5 Å². The van der Waals surface area contributed by atoms with Crippen LogP contribution < -0.4 is 26.9 Å². The predicted molar refractivity (Wildman–Crippen MR) is 91.0 cm³/mol. The topological polar surface area (TPSA) is 48.8 Å². The van der Waals surface area contributed by atoms with Crippen LogP contribution in [0.25, 0.3) is 10.9 Å². The van der Waals surface area contributed by atoms with Crippen LogP contribution in [0.3, 0.4) is 0 Å². The molecule has 1 amide bonds. The number of carbonyl (C=O) groups excluding carboxylic acids is 1. The van der Waals surface area contributed by atoms with Gasteiger partial charge in [0, 0.05) is 35.8 Å². The molecule has 0 aliphatic carbocycles. The van der Waals surface area contributed by atoms with E-state index in [2.05, 4.69) is 41.5 Å². The van der Waals surface area contributed by atoms with Crippen LogP contribution in [0.2, 0.25) is 0 Å². The molecular weight excluding hydrogens is 366 g/mol. The fourth-order valence-electron chi connectivity index (χ4n) is 2.68. The highest BCUT2D eigenvalue weighted by Gasteiger charge is 2.07. The van der Waals surface area contributed by atoms with Crippen molar-refractivity contribution >= 4 is 16.8 Å². The van der Waals surface area contributed by atoms with E-state index in [0.717, 1.165) is 11.9 Å². The molecule has 2 aromatic heterocycles. The number of nitrogens with zero attached hydrogens (tertiary/aromatic N) is 1. The highest BCUT2D eigenvalue weighted by atomic mass is 79.9. The molecule has 0 aliphatic heterocycles. The highest BCUT2D eigenvalue weighted by molar-refractivity contribution is 5.83. The lowest BCUT2D eigenvalue weighted by molar-refractivity contribution is -0.695. The molecule has 2 N–H and O–H groups in total. The second-order valence-electron chi connectivity index (χ2n) is 5.82. The zero-order valence-electron chi connectivity index (χ0n) is 13.8. The van der Waals surface area contributed by atoms with Crippen molar-refractivity contribution in [2.24, 2.45) is 0 Å². The van der Waals surface area contributed by atoms with E-state index in [4.69, 9.17) is 0 Å². The monoisotopic (exact) mass is 387 g/mol. The number of halogens is 1. The lowest BCUT2D eigenvalue weighted by Gasteiger charge is -2.04. The zero-order valence-corrected chi connectivity index (χ0v) is 15.3. The number of pyridine rings is 1. The molecule has 2 heterocycles. The van der Waals surface area contributed by atoms with E-state index < -0.39 is 0 Å². The quantitative estimate of drug-likeness (QED) is 0.551. The van der Waals surface area contributed by atoms with Gasteiger partial charge in [0.1, 0.15) is 0 Å². The molecule has 0 bridgehead atoms. The van der Waals surface area contributed by atoms with Crippen molar-refractivity contribution in [3.63, 3.8) is 0 Å². The van der Waals surface area contributed by atoms with Gasteiger partial charge in [-0.15, -0.1) is 0 Å². The number of amides is 1. The van der Waals surface area contributed by atoms with Crippen molar-refractivity contribution in [1.82, 2.24) is 10.3 Å². The molecule has 0 unspecified atom stereocenters. The minimum Gasteiger partial charge on any atom is -1.00 e. The van der Waals surface area contributed by atoms with Gasteiger partial charge in [-0.2, -0.15) is 0 Å². The third-order valence-electron chi connectivity index (χ3n) is 4.05. The van der Waals surface area contributed by atoms with Gasteiger partial charge in [0.05, 0.1) is 6.42 Å². The average molecular weight is 388 g/mol. The number of rotatable bonds is 6. The predicted octanol–water partition coefficient (Wildman–Crippen LogP) is -0.483. The van der Waals surface area contributed by atoms with Gasteiger partial charge in [-0.1, -0.05) is 18.2 Å². The third-order valence-corrected chi connectivity index (χ3v) is 4.05. The van der Waals surface area contributed by atoms with Crippen LogP contribution in [-0.4, -0.2) is 17.4 Å². The van der Waals surface area contributed by atoms with Crippen LogP contribution in [0.15, 0.2) is 55.0 Å². The molecule has 0 fully saturated rings. The van der Waals surface area contributed by atoms with E-state index in [0.29, 0.717) is 19.5 Å². The number of aryl methyl sites for hydroxylation is 2. The number of hydrogen-bond donors (Lipinski definition) is 2. The molecule has 5 heteroatoms. The van der Waals surface area contributed by atoms with Gasteiger partial charge < -0.3 is 27.3 Å². The Kier molecular flexibility index (Phi) is 6.55. The Labute approximate surface area is 152 Å². The molecule has 4 nitrogen and oxygen atoms in total. The van der Waals surface area contributed by atoms with Crippen LogP contribution in [0.5, 0.6) is 0 Å². The van der Waals surface area contributed by atoms with E-state index in [1.807, 2.05) is 35.3 Å². The summed E-state index contributed by atoms with van der Waals surface area (Å²) >= 11 is 0. The van der Waals surface area contributed by atoms with Crippen molar-refractivity contribution < 1.29 is 26.3 Å². The number of aromatic amines is 1. The van der Waals surface area contributed by atoms with Gasteiger partial charge in [0.15, 0.2) is 18.9 Å². The molecule has 0 spiro atoms. The first-order valence-electron chi connectivity index (χ1n) is 8.00. The number of H-pyrrole nitrogens is 1. The van der Waals surface area contributed by atoms with Gasteiger partial charge in [0.25, 0.3) is 0 Å². The second kappa shape index (κ2) is 8.64. The number of para-hydroxylation sites is 1. The smallest absolute Gasteiger partial charge is 0.226 e. The molecule has 126 valence electrons. The van der Waals surface area contributed by atoms with Crippen molar-refractivity contribution in [3.8, 4) is 0 Å². The summed E-state index contributed by atoms with van der Waals surface area (Å²) in [7, 11) is 0. The summed E-state index contributed by atoms with van der Waals surface area (Å²) in [6.45, 7) is 3.43. The van der Waals surface area contributed by atoms with Crippen LogP contribution in [0.4, 0.5) is 0 Å². The van der Waals surface area contributed by atoms with Crippen LogP contribution >= 0.6 is 0 Å². The summed E-state index contributed by atoms with van der Waals surface area (Å²) < 4.78 is 2.03. The largest absolute Gasteiger partial charge is 1.00 e. The molecular formula is C19H22BrN3O. The molecule has 0 saturated heterocycles. The van der Waals surface area contributed by atoms with Gasteiger partial charge in [-0.3, -0.25) is 4.79 Å². The van der Waals surface area contributed by atoms with Crippen LogP contribution in [0.1, 0.15) is 17.5 Å². The Hall–Kier alpha value is -2.14. The first kappa shape index (κ1) is 18.2. The number of aromatic nitrogens is 2. The standard InChI is InChI=1S/C19H21N3O.BrH/c1-15-7-11-22(12-8-15)13-9-19(23)20-10-6-16-14-21-18-5-3-2-4-17(16)18;/h2-5,7-8,11-12,14,21H,6,9-10,13H2,1H3;1H. The first-order chi connectivity index (χ1) is 11.2. The molecule has 3 aromatic rings. The Morgan fingerprint density at radius 3 is 2.71 bits per heavy atom. The van der Waals surface area contributed by atoms with E-state index >= 15 is 0 Å². The molecule has 0 saturated carbocycles. The lowest BCUT2D eigenvalue weighted by Crippen LogP contribution is -3.00. The summed E-state index contributed by atoms with van der Waals surface area (Å²) in [5.74, 6) is 0.0953. The van der Waals surface area contributed by atoms with Crippen molar-refractivity contribution in [2.45, 2.75) is 26.3 Å². The Morgan fingerprint density at radius 1 is 1.17 bits per heavy atom. The van der Waals surface area contributed by atoms with E-state index in [1.165, 1.54) is 16.5 Å². The molecule has 0 aliphatic rings. The number of hydrogen-bond acceptors (Lipinski definition) is 1. The Balaban J connectivity index is 0.00000208. The molecule has 24 heavy (non-hydrogen) atoms. The summed E-state index contributed by atoms with van der Waals surface area (Å²) in [4.78, 5) is 15.2. The SMILES string of the molecule is Cc1cc[n+](CCC(=O)NCCc2c[nH]c3ccccc23)cc1.[Br-]. The number of nitrogens with one attached hydrogen (secondary N) is 2. The Bertz CT molecular complexity index is 796. The average Bonchev–Trinajstić information content (AvgIpc) is 2.98. The normalized spacial score (nSPS) is 10.4. The van der Waals surface area contributed by atoms with Crippen LogP contribution in [-0.2, 0) is 17.8 Å². The summed E-state index contributed by atoms with van der Waals surface area (Å²) in [5.41, 5.74) is 3.61. The lowest BCUT2D eigenvalue weighted by atomic mass is 10.1. The fraction of sp³-hybridized carbons (Fsp3) is 0.263. The maximum atomic E-state index is 11.9. The summed E-state index contributed by atoms with van der Waals surface area (Å²) in [6.07, 6.45) is 7.39. The fourth-order valence-corrected chi connectivity index (χ4v) is 2.68. The molecule has 1 aromatic carbocycles. The summed E-state index contributed by atoms with van der Waals surface area (Å²) in [6, 6.07) is 12.3. The third kappa shape index (κ3) is 4.68. The van der Waals surface area contributed by atoms with Gasteiger partial charge in [-0.25, -0.2) is 4.57 Å². The zero-order chi connectivity index (χ0) is 16.1. The van der Waals surface area contributed by atoms with E-state index in [-0.39, 0.29) is 22.9 Å². The minimum atomic E-state index is 0. The first-order valence-corrected chi connectivity index (χ1v) is 8.00. The molecule has 0 radical (unpaired) electrons. The number of benzene rings is 1. The van der Waals surface area contributed by atoms with Crippen LogP contribution in [0, 0.1) is 6.92 Å². The van der Waals surface area contributed by atoms with Gasteiger partial charge in [0.2, 0.25) is 5.91 Å². The van der Waals surface area contributed by atoms with E-state index in [9.17, 15) is 4.79 Å². The van der Waals surface area contributed by atoms with Crippen molar-refractivity contribution in [3.05, 3.63) is 66.1 Å². The number of carbonyl (C=O) groups is 1. The molecule has 3 rings (SSSR count). The number of fused-ring (bicyclic) bond motifs is 1. The maximum Gasteiger partial charge on any atom is 0.226 e. The van der Waals surface area contributed by atoms with Gasteiger partial charge >= 0.3 is 0 Å². The second-order valence-corrected chi connectivity index (χ2v) is 5.82. The Morgan fingerprint density at radius 2 is 1.92 bits per heavy atom. The van der Waals surface area contributed by atoms with E-state index in [1.54, 1.807) is 0 Å².